The molecule has 2 aromatic carbocycles. The quantitative estimate of drug-likeness (QED) is 0.527. The Balaban J connectivity index is 1.60. The van der Waals surface area contributed by atoms with Gasteiger partial charge in [0.2, 0.25) is 5.95 Å². The van der Waals surface area contributed by atoms with Crippen molar-refractivity contribution in [2.75, 3.05) is 10.6 Å². The second kappa shape index (κ2) is 7.87. The molecule has 152 valence electrons. The fraction of sp³-hybridized carbons (Fsp3) is 0.0833. The highest BCUT2D eigenvalue weighted by Gasteiger charge is 2.34. The lowest BCUT2D eigenvalue weighted by molar-refractivity contribution is -0.113. The van der Waals surface area contributed by atoms with Crippen molar-refractivity contribution in [3.05, 3.63) is 102 Å². The van der Waals surface area contributed by atoms with Gasteiger partial charge in [-0.15, -0.1) is 5.10 Å². The van der Waals surface area contributed by atoms with Crippen LogP contribution in [-0.4, -0.2) is 25.7 Å². The van der Waals surface area contributed by atoms with Crippen molar-refractivity contribution in [3.8, 4) is 11.4 Å². The Bertz CT molecular complexity index is 1250. The first kappa shape index (κ1) is 18.7. The van der Waals surface area contributed by atoms with Crippen LogP contribution in [0.1, 0.15) is 18.5 Å². The molecule has 0 radical (unpaired) electrons. The van der Waals surface area contributed by atoms with Gasteiger partial charge in [0, 0.05) is 17.5 Å². The van der Waals surface area contributed by atoms with Crippen molar-refractivity contribution in [3.63, 3.8) is 0 Å². The molecule has 0 aliphatic carbocycles. The third-order valence-electron chi connectivity index (χ3n) is 5.16. The number of carbonyl (C=O) groups is 1. The second-order valence-electron chi connectivity index (χ2n) is 7.24. The van der Waals surface area contributed by atoms with Crippen molar-refractivity contribution in [1.82, 2.24) is 19.7 Å². The standard InChI is InChI=1S/C24H20N6O/c1-16-20(23(31)27-19-13-8-14-25-15-19)21(17-9-4-2-5-10-17)30-24(26-16)28-22(29-30)18-11-6-3-7-12-18/h2-15,21H,1H3,(H,27,31)(H,26,28,29)/t21-/m1/s1. The number of nitrogens with zero attached hydrogens (tertiary/aromatic N) is 4. The van der Waals surface area contributed by atoms with Crippen LogP contribution in [0.3, 0.4) is 0 Å². The van der Waals surface area contributed by atoms with Gasteiger partial charge in [-0.3, -0.25) is 9.78 Å². The van der Waals surface area contributed by atoms with Crippen LogP contribution >= 0.6 is 0 Å². The summed E-state index contributed by atoms with van der Waals surface area (Å²) >= 11 is 0. The zero-order valence-corrected chi connectivity index (χ0v) is 16.9. The third-order valence-corrected chi connectivity index (χ3v) is 5.16. The summed E-state index contributed by atoms with van der Waals surface area (Å²) in [5.41, 5.74) is 3.80. The van der Waals surface area contributed by atoms with Crippen LogP contribution in [0.25, 0.3) is 11.4 Å². The minimum Gasteiger partial charge on any atom is -0.328 e. The predicted molar refractivity (Wildman–Crippen MR) is 119 cm³/mol. The van der Waals surface area contributed by atoms with E-state index in [2.05, 4.69) is 20.6 Å². The van der Waals surface area contributed by atoms with Crippen molar-refractivity contribution >= 4 is 17.5 Å². The first-order valence-corrected chi connectivity index (χ1v) is 9.97. The number of pyridine rings is 1. The number of anilines is 2. The Hall–Kier alpha value is -4.26. The third kappa shape index (κ3) is 3.57. The normalized spacial score (nSPS) is 15.2. The van der Waals surface area contributed by atoms with E-state index >= 15 is 0 Å². The highest BCUT2D eigenvalue weighted by Crippen LogP contribution is 2.36. The topological polar surface area (TPSA) is 84.7 Å². The minimum absolute atomic E-state index is 0.214. The van der Waals surface area contributed by atoms with Gasteiger partial charge in [-0.25, -0.2) is 4.68 Å². The Morgan fingerprint density at radius 2 is 1.74 bits per heavy atom. The fourth-order valence-electron chi connectivity index (χ4n) is 3.73. The SMILES string of the molecule is CC1=C(C(=O)Nc2cccnc2)[C@@H](c2ccccc2)n2nc(-c3ccccc3)nc2N1. The van der Waals surface area contributed by atoms with E-state index in [4.69, 9.17) is 5.10 Å². The number of nitrogens with one attached hydrogen (secondary N) is 2. The molecule has 7 nitrogen and oxygen atoms in total. The molecular formula is C24H20N6O. The molecule has 0 fully saturated rings. The first-order chi connectivity index (χ1) is 15.2. The van der Waals surface area contributed by atoms with E-state index in [0.29, 0.717) is 23.0 Å². The lowest BCUT2D eigenvalue weighted by atomic mass is 9.95. The van der Waals surface area contributed by atoms with Gasteiger partial charge in [0.1, 0.15) is 6.04 Å². The molecule has 4 aromatic rings. The molecule has 2 N–H and O–H groups in total. The van der Waals surface area contributed by atoms with Crippen molar-refractivity contribution < 1.29 is 4.79 Å². The molecule has 0 saturated heterocycles. The number of carbonyl (C=O) groups excluding carboxylic acids is 1. The van der Waals surface area contributed by atoms with Gasteiger partial charge in [0.15, 0.2) is 5.82 Å². The Labute approximate surface area is 179 Å². The van der Waals surface area contributed by atoms with E-state index in [1.165, 1.54) is 0 Å². The van der Waals surface area contributed by atoms with E-state index in [1.54, 1.807) is 23.1 Å². The molecule has 0 saturated carbocycles. The lowest BCUT2D eigenvalue weighted by Gasteiger charge is -2.28. The molecule has 5 rings (SSSR count). The van der Waals surface area contributed by atoms with Gasteiger partial charge >= 0.3 is 0 Å². The van der Waals surface area contributed by atoms with Crippen LogP contribution in [0.5, 0.6) is 0 Å². The summed E-state index contributed by atoms with van der Waals surface area (Å²) in [5, 5.41) is 11.0. The first-order valence-electron chi connectivity index (χ1n) is 9.97. The van der Waals surface area contributed by atoms with Crippen LogP contribution in [0.4, 0.5) is 11.6 Å². The number of aromatic nitrogens is 4. The predicted octanol–water partition coefficient (Wildman–Crippen LogP) is 4.27. The summed E-state index contributed by atoms with van der Waals surface area (Å²) in [5.74, 6) is 0.989. The van der Waals surface area contributed by atoms with Crippen molar-refractivity contribution in [2.24, 2.45) is 0 Å². The lowest BCUT2D eigenvalue weighted by Crippen LogP contribution is -2.31. The van der Waals surface area contributed by atoms with E-state index < -0.39 is 6.04 Å². The summed E-state index contributed by atoms with van der Waals surface area (Å²) in [6, 6.07) is 22.8. The minimum atomic E-state index is -0.418. The summed E-state index contributed by atoms with van der Waals surface area (Å²) in [6.07, 6.45) is 3.29. The van der Waals surface area contributed by atoms with Gasteiger partial charge in [-0.1, -0.05) is 60.7 Å². The molecule has 3 heterocycles. The number of rotatable bonds is 4. The van der Waals surface area contributed by atoms with Crippen LogP contribution in [-0.2, 0) is 4.79 Å². The zero-order chi connectivity index (χ0) is 21.2. The van der Waals surface area contributed by atoms with E-state index in [1.807, 2.05) is 73.7 Å². The molecule has 2 aromatic heterocycles. The van der Waals surface area contributed by atoms with E-state index in [9.17, 15) is 4.79 Å². The summed E-state index contributed by atoms with van der Waals surface area (Å²) < 4.78 is 1.78. The maximum Gasteiger partial charge on any atom is 0.255 e. The zero-order valence-electron chi connectivity index (χ0n) is 16.9. The number of allylic oxidation sites excluding steroid dienone is 1. The average Bonchev–Trinajstić information content (AvgIpc) is 3.23. The molecule has 1 aliphatic rings. The molecule has 31 heavy (non-hydrogen) atoms. The number of benzene rings is 2. The fourth-order valence-corrected chi connectivity index (χ4v) is 3.73. The van der Waals surface area contributed by atoms with Crippen molar-refractivity contribution in [2.45, 2.75) is 13.0 Å². The summed E-state index contributed by atoms with van der Waals surface area (Å²) in [4.78, 5) is 22.1. The van der Waals surface area contributed by atoms with Crippen LogP contribution < -0.4 is 10.6 Å². The highest BCUT2D eigenvalue weighted by atomic mass is 16.1. The Morgan fingerprint density at radius 3 is 2.45 bits per heavy atom. The van der Waals surface area contributed by atoms with Gasteiger partial charge < -0.3 is 10.6 Å². The average molecular weight is 408 g/mol. The molecule has 0 spiro atoms. The number of amides is 1. The van der Waals surface area contributed by atoms with Gasteiger partial charge in [-0.05, 0) is 24.6 Å². The van der Waals surface area contributed by atoms with Crippen molar-refractivity contribution in [1.29, 1.82) is 0 Å². The van der Waals surface area contributed by atoms with Crippen LogP contribution in [0.2, 0.25) is 0 Å². The van der Waals surface area contributed by atoms with E-state index in [0.717, 1.165) is 16.8 Å². The molecular weight excluding hydrogens is 388 g/mol. The molecule has 1 amide bonds. The van der Waals surface area contributed by atoms with Crippen LogP contribution in [0.15, 0.2) is 96.5 Å². The smallest absolute Gasteiger partial charge is 0.255 e. The second-order valence-corrected chi connectivity index (χ2v) is 7.24. The molecule has 7 heteroatoms. The van der Waals surface area contributed by atoms with Crippen LogP contribution in [0, 0.1) is 0 Å². The van der Waals surface area contributed by atoms with Gasteiger partial charge in [0.05, 0.1) is 17.5 Å². The molecule has 0 bridgehead atoms. The van der Waals surface area contributed by atoms with Gasteiger partial charge in [-0.2, -0.15) is 4.98 Å². The number of hydrogen-bond acceptors (Lipinski definition) is 5. The molecule has 1 atom stereocenters. The summed E-state index contributed by atoms with van der Waals surface area (Å²) in [7, 11) is 0. The number of hydrogen-bond donors (Lipinski definition) is 2. The number of fused-ring (bicyclic) bond motifs is 1. The monoisotopic (exact) mass is 408 g/mol. The molecule has 0 unspecified atom stereocenters. The van der Waals surface area contributed by atoms with Gasteiger partial charge in [0.25, 0.3) is 5.91 Å². The Morgan fingerprint density at radius 1 is 1.00 bits per heavy atom. The van der Waals surface area contributed by atoms with E-state index in [-0.39, 0.29) is 5.91 Å². The maximum atomic E-state index is 13.3. The molecule has 1 aliphatic heterocycles. The summed E-state index contributed by atoms with van der Waals surface area (Å²) in [6.45, 7) is 1.88. The maximum absolute atomic E-state index is 13.3. The Kier molecular flexibility index (Phi) is 4.76. The highest BCUT2D eigenvalue weighted by molar-refractivity contribution is 6.05. The largest absolute Gasteiger partial charge is 0.328 e.